The lowest BCUT2D eigenvalue weighted by molar-refractivity contribution is -0.134. The predicted molar refractivity (Wildman–Crippen MR) is 91.3 cm³/mol. The molecule has 0 aliphatic rings. The summed E-state index contributed by atoms with van der Waals surface area (Å²) in [6.45, 7) is 1.78. The monoisotopic (exact) mass is 344 g/mol. The summed E-state index contributed by atoms with van der Waals surface area (Å²) in [5.41, 5.74) is 6.39. The molecule has 0 aliphatic heterocycles. The number of aromatic nitrogens is 1. The van der Waals surface area contributed by atoms with Crippen molar-refractivity contribution in [2.24, 2.45) is 5.73 Å². The van der Waals surface area contributed by atoms with Crippen molar-refractivity contribution in [3.63, 3.8) is 0 Å². The zero-order valence-corrected chi connectivity index (χ0v) is 14.4. The van der Waals surface area contributed by atoms with E-state index in [9.17, 15) is 0 Å². The lowest BCUT2D eigenvalue weighted by atomic mass is 10.3. The lowest BCUT2D eigenvalue weighted by Gasteiger charge is -2.03. The number of nitrogens with zero attached hydrogens (tertiary/aromatic N) is 1. The number of aliphatic carboxylic acids is 1. The first-order chi connectivity index (χ1) is 10.5. The number of thiazole rings is 1. The zero-order valence-electron chi connectivity index (χ0n) is 12.8. The number of methoxy groups -OCH3 is 2. The predicted octanol–water partition coefficient (Wildman–Crippen LogP) is 2.60. The third-order valence-electron chi connectivity index (χ3n) is 2.42. The van der Waals surface area contributed by atoms with Crippen LogP contribution in [-0.2, 0) is 10.5 Å². The number of carboxylic acid groups (broad SMARTS) is 1. The van der Waals surface area contributed by atoms with Crippen LogP contribution in [0.3, 0.4) is 0 Å². The number of carbonyl (C=O) groups is 1. The van der Waals surface area contributed by atoms with Crippen molar-refractivity contribution in [3.05, 3.63) is 17.1 Å². The summed E-state index contributed by atoms with van der Waals surface area (Å²) >= 11 is 3.47. The van der Waals surface area contributed by atoms with Crippen LogP contribution in [0.4, 0.5) is 0 Å². The van der Waals surface area contributed by atoms with E-state index in [0.29, 0.717) is 6.54 Å². The number of fused-ring (bicyclic) bond motifs is 1. The van der Waals surface area contributed by atoms with Gasteiger partial charge >= 0.3 is 0 Å². The first-order valence-corrected chi connectivity index (χ1v) is 8.47. The Morgan fingerprint density at radius 1 is 1.41 bits per heavy atom. The van der Waals surface area contributed by atoms with Crippen molar-refractivity contribution in [1.82, 2.24) is 4.98 Å². The Kier molecular flexibility index (Phi) is 8.00. The first-order valence-electron chi connectivity index (χ1n) is 6.50. The van der Waals surface area contributed by atoms with Crippen LogP contribution in [0.15, 0.2) is 12.1 Å². The smallest absolute Gasteiger partial charge is 0.300 e. The van der Waals surface area contributed by atoms with Gasteiger partial charge < -0.3 is 20.3 Å². The molecule has 22 heavy (non-hydrogen) atoms. The van der Waals surface area contributed by atoms with Gasteiger partial charge in [-0.05, 0) is 6.07 Å². The van der Waals surface area contributed by atoms with Crippen molar-refractivity contribution < 1.29 is 19.4 Å². The van der Waals surface area contributed by atoms with Gasteiger partial charge in [-0.2, -0.15) is 11.8 Å². The number of nitrogens with two attached hydrogens (primary N) is 1. The van der Waals surface area contributed by atoms with E-state index in [2.05, 4.69) is 4.98 Å². The van der Waals surface area contributed by atoms with Crippen LogP contribution < -0.4 is 15.2 Å². The van der Waals surface area contributed by atoms with Gasteiger partial charge in [0.1, 0.15) is 22.0 Å². The van der Waals surface area contributed by atoms with E-state index in [1.807, 2.05) is 12.1 Å². The average molecular weight is 344 g/mol. The highest BCUT2D eigenvalue weighted by Gasteiger charge is 2.11. The van der Waals surface area contributed by atoms with Crippen LogP contribution in [0.2, 0.25) is 0 Å². The molecular weight excluding hydrogens is 324 g/mol. The van der Waals surface area contributed by atoms with Crippen molar-refractivity contribution in [1.29, 1.82) is 0 Å². The Morgan fingerprint density at radius 3 is 2.64 bits per heavy atom. The van der Waals surface area contributed by atoms with Crippen LogP contribution in [-0.4, -0.2) is 42.6 Å². The molecule has 8 heteroatoms. The second-order valence-corrected chi connectivity index (χ2v) is 6.36. The summed E-state index contributed by atoms with van der Waals surface area (Å²) in [4.78, 5) is 13.6. The number of carboxylic acids is 1. The number of hydrogen-bond donors (Lipinski definition) is 2. The molecule has 1 heterocycles. The largest absolute Gasteiger partial charge is 0.497 e. The molecular formula is C14H20N2O4S2. The molecule has 6 nitrogen and oxygen atoms in total. The highest BCUT2D eigenvalue weighted by molar-refractivity contribution is 7.98. The van der Waals surface area contributed by atoms with Gasteiger partial charge in [0.25, 0.3) is 5.97 Å². The van der Waals surface area contributed by atoms with Crippen molar-refractivity contribution >= 4 is 39.3 Å². The van der Waals surface area contributed by atoms with Crippen LogP contribution in [0.1, 0.15) is 11.9 Å². The quantitative estimate of drug-likeness (QED) is 0.778. The molecule has 0 aliphatic carbocycles. The summed E-state index contributed by atoms with van der Waals surface area (Å²) < 4.78 is 11.7. The molecule has 2 aromatic rings. The van der Waals surface area contributed by atoms with Gasteiger partial charge in [-0.1, -0.05) is 0 Å². The minimum Gasteiger partial charge on any atom is -0.497 e. The Bertz CT molecular complexity index is 612. The average Bonchev–Trinajstić information content (AvgIpc) is 2.88. The second-order valence-electron chi connectivity index (χ2n) is 4.14. The van der Waals surface area contributed by atoms with E-state index in [4.69, 9.17) is 25.1 Å². The number of rotatable bonds is 6. The second kappa shape index (κ2) is 9.50. The SMILES string of the molecule is CC(=O)O.COc1cc(OC)c2nc(CSCCN)sc2c1. The highest BCUT2D eigenvalue weighted by atomic mass is 32.2. The molecule has 3 N–H and O–H groups in total. The fraction of sp³-hybridized carbons (Fsp3) is 0.429. The van der Waals surface area contributed by atoms with Crippen LogP contribution in [0, 0.1) is 0 Å². The number of benzene rings is 1. The Labute approximate surface area is 137 Å². The minimum absolute atomic E-state index is 0.701. The van der Waals surface area contributed by atoms with Crippen LogP contribution in [0.25, 0.3) is 10.2 Å². The third-order valence-corrected chi connectivity index (χ3v) is 4.61. The van der Waals surface area contributed by atoms with Crippen LogP contribution in [0.5, 0.6) is 11.5 Å². The molecule has 1 aromatic heterocycles. The van der Waals surface area contributed by atoms with Gasteiger partial charge in [-0.3, -0.25) is 4.79 Å². The van der Waals surface area contributed by atoms with E-state index < -0.39 is 5.97 Å². The molecule has 0 spiro atoms. The molecule has 1 aromatic carbocycles. The zero-order chi connectivity index (χ0) is 16.5. The molecule has 0 saturated heterocycles. The Hall–Kier alpha value is -1.51. The Morgan fingerprint density at radius 2 is 2.09 bits per heavy atom. The lowest BCUT2D eigenvalue weighted by Crippen LogP contribution is -2.01. The summed E-state index contributed by atoms with van der Waals surface area (Å²) in [5, 5.41) is 8.51. The standard InChI is InChI=1S/C12H16N2O2S2.C2H4O2/c1-15-8-5-9(16-2)12-10(6-8)18-11(14-12)7-17-4-3-13;1-2(3)4/h5-6H,3-4,7,13H2,1-2H3;1H3,(H,3,4). The number of thioether (sulfide) groups is 1. The minimum atomic E-state index is -0.833. The molecule has 0 bridgehead atoms. The molecule has 0 unspecified atom stereocenters. The van der Waals surface area contributed by atoms with Crippen molar-refractivity contribution in [2.45, 2.75) is 12.7 Å². The van der Waals surface area contributed by atoms with Gasteiger partial charge in [0.2, 0.25) is 0 Å². The molecule has 0 saturated carbocycles. The van der Waals surface area contributed by atoms with E-state index in [1.165, 1.54) is 0 Å². The molecule has 0 amide bonds. The summed E-state index contributed by atoms with van der Waals surface area (Å²) in [6, 6.07) is 3.85. The van der Waals surface area contributed by atoms with Gasteiger partial charge in [-0.25, -0.2) is 4.98 Å². The fourth-order valence-corrected chi connectivity index (χ4v) is 3.44. The normalized spacial score (nSPS) is 10.0. The van der Waals surface area contributed by atoms with Gasteiger partial charge in [0.15, 0.2) is 0 Å². The topological polar surface area (TPSA) is 94.7 Å². The third kappa shape index (κ3) is 5.70. The maximum Gasteiger partial charge on any atom is 0.300 e. The van der Waals surface area contributed by atoms with Crippen molar-refractivity contribution in [2.75, 3.05) is 26.5 Å². The van der Waals surface area contributed by atoms with Gasteiger partial charge in [-0.15, -0.1) is 11.3 Å². The molecule has 2 rings (SSSR count). The van der Waals surface area contributed by atoms with Crippen LogP contribution >= 0.6 is 23.1 Å². The maximum absolute atomic E-state index is 9.00. The van der Waals surface area contributed by atoms with E-state index >= 15 is 0 Å². The summed E-state index contributed by atoms with van der Waals surface area (Å²) in [6.07, 6.45) is 0. The van der Waals surface area contributed by atoms with Gasteiger partial charge in [0, 0.05) is 31.0 Å². The summed E-state index contributed by atoms with van der Waals surface area (Å²) in [7, 11) is 3.30. The first kappa shape index (κ1) is 18.5. The number of ether oxygens (including phenoxy) is 2. The van der Waals surface area contributed by atoms with Gasteiger partial charge in [0.05, 0.1) is 18.9 Å². The molecule has 0 fully saturated rings. The van der Waals surface area contributed by atoms with E-state index in [1.54, 1.807) is 37.3 Å². The molecule has 0 atom stereocenters. The maximum atomic E-state index is 9.00. The highest BCUT2D eigenvalue weighted by Crippen LogP contribution is 2.35. The molecule has 122 valence electrons. The number of hydrogen-bond acceptors (Lipinski definition) is 7. The molecule has 0 radical (unpaired) electrons. The Balaban J connectivity index is 0.000000541. The van der Waals surface area contributed by atoms with E-state index in [-0.39, 0.29) is 0 Å². The van der Waals surface area contributed by atoms with E-state index in [0.717, 1.165) is 45.2 Å². The fourth-order valence-electron chi connectivity index (χ4n) is 1.60. The van der Waals surface area contributed by atoms with Crippen molar-refractivity contribution in [3.8, 4) is 11.5 Å². The summed E-state index contributed by atoms with van der Waals surface area (Å²) in [5.74, 6) is 2.57.